The molecule has 1 aromatic carbocycles. The van der Waals surface area contributed by atoms with Gasteiger partial charge in [0.05, 0.1) is 11.6 Å². The van der Waals surface area contributed by atoms with E-state index in [1.54, 1.807) is 12.1 Å². The van der Waals surface area contributed by atoms with Crippen molar-refractivity contribution in [1.82, 2.24) is 10.2 Å². The number of halogens is 2. The fraction of sp³-hybridized carbons (Fsp3) is 0.273. The Kier molecular flexibility index (Phi) is 3.81. The third-order valence-electron chi connectivity index (χ3n) is 2.36. The lowest BCUT2D eigenvalue weighted by atomic mass is 10.2. The van der Waals surface area contributed by atoms with Crippen molar-refractivity contribution in [3.63, 3.8) is 0 Å². The molecule has 4 nitrogen and oxygen atoms in total. The van der Waals surface area contributed by atoms with E-state index < -0.39 is 0 Å². The number of rotatable bonds is 3. The van der Waals surface area contributed by atoms with Gasteiger partial charge in [-0.15, -0.1) is 10.2 Å². The number of nitrogens with zero attached hydrogens (tertiary/aromatic N) is 2. The first-order valence-electron chi connectivity index (χ1n) is 5.16. The van der Waals surface area contributed by atoms with Crippen molar-refractivity contribution in [3.05, 3.63) is 33.6 Å². The van der Waals surface area contributed by atoms with Gasteiger partial charge in [0.15, 0.2) is 0 Å². The van der Waals surface area contributed by atoms with Crippen LogP contribution >= 0.6 is 27.5 Å². The maximum absolute atomic E-state index is 5.87. The number of hydrogen-bond donors (Lipinski definition) is 1. The lowest BCUT2D eigenvalue weighted by Gasteiger charge is -2.01. The summed E-state index contributed by atoms with van der Waals surface area (Å²) in [5.74, 6) is 0.886. The Morgan fingerprint density at radius 2 is 2.24 bits per heavy atom. The standard InChI is InChI=1S/C11H11BrClN3O/c1-2-9(14)11-16-15-10(17-11)7-4-3-6(13)5-8(7)12/h3-5,9H,2,14H2,1H3. The molecule has 0 saturated carbocycles. The Labute approximate surface area is 112 Å². The molecule has 1 aromatic heterocycles. The molecule has 0 amide bonds. The molecule has 0 fully saturated rings. The highest BCUT2D eigenvalue weighted by Gasteiger charge is 2.15. The summed E-state index contributed by atoms with van der Waals surface area (Å²) in [6.07, 6.45) is 0.753. The summed E-state index contributed by atoms with van der Waals surface area (Å²) < 4.78 is 6.33. The highest BCUT2D eigenvalue weighted by Crippen LogP contribution is 2.30. The van der Waals surface area contributed by atoms with Crippen LogP contribution in [-0.2, 0) is 0 Å². The van der Waals surface area contributed by atoms with Gasteiger partial charge < -0.3 is 10.2 Å². The predicted octanol–water partition coefficient (Wildman–Crippen LogP) is 3.56. The lowest BCUT2D eigenvalue weighted by molar-refractivity contribution is 0.452. The number of aromatic nitrogens is 2. The van der Waals surface area contributed by atoms with Gasteiger partial charge in [-0.05, 0) is 40.5 Å². The molecule has 0 aliphatic rings. The zero-order valence-corrected chi connectivity index (χ0v) is 11.5. The van der Waals surface area contributed by atoms with Gasteiger partial charge in [-0.1, -0.05) is 18.5 Å². The predicted molar refractivity (Wildman–Crippen MR) is 69.7 cm³/mol. The van der Waals surface area contributed by atoms with Crippen molar-refractivity contribution in [2.24, 2.45) is 5.73 Å². The molecular weight excluding hydrogens is 305 g/mol. The third kappa shape index (κ3) is 2.68. The summed E-state index contributed by atoms with van der Waals surface area (Å²) in [5.41, 5.74) is 6.62. The molecule has 2 aromatic rings. The summed E-state index contributed by atoms with van der Waals surface area (Å²) in [6, 6.07) is 5.15. The van der Waals surface area contributed by atoms with Gasteiger partial charge in [-0.2, -0.15) is 0 Å². The molecule has 0 aliphatic carbocycles. The second kappa shape index (κ2) is 5.16. The van der Waals surface area contributed by atoms with Crippen LogP contribution in [0.4, 0.5) is 0 Å². The van der Waals surface area contributed by atoms with Crippen LogP contribution in [0.5, 0.6) is 0 Å². The van der Waals surface area contributed by atoms with Crippen molar-refractivity contribution in [2.75, 3.05) is 0 Å². The van der Waals surface area contributed by atoms with E-state index in [0.29, 0.717) is 16.8 Å². The molecule has 0 bridgehead atoms. The number of benzene rings is 1. The van der Waals surface area contributed by atoms with E-state index in [9.17, 15) is 0 Å². The maximum atomic E-state index is 5.87. The van der Waals surface area contributed by atoms with Crippen LogP contribution in [0, 0.1) is 0 Å². The quantitative estimate of drug-likeness (QED) is 0.940. The van der Waals surface area contributed by atoms with Crippen molar-refractivity contribution in [2.45, 2.75) is 19.4 Å². The molecule has 90 valence electrons. The van der Waals surface area contributed by atoms with E-state index in [1.807, 2.05) is 13.0 Å². The lowest BCUT2D eigenvalue weighted by Crippen LogP contribution is -2.08. The highest BCUT2D eigenvalue weighted by molar-refractivity contribution is 9.10. The van der Waals surface area contributed by atoms with Crippen molar-refractivity contribution in [3.8, 4) is 11.5 Å². The Hall–Kier alpha value is -0.910. The molecule has 2 N–H and O–H groups in total. The van der Waals surface area contributed by atoms with Crippen LogP contribution in [0.2, 0.25) is 5.02 Å². The van der Waals surface area contributed by atoms with Gasteiger partial charge in [-0.3, -0.25) is 0 Å². The van der Waals surface area contributed by atoms with E-state index in [4.69, 9.17) is 21.8 Å². The van der Waals surface area contributed by atoms with Crippen LogP contribution in [0.1, 0.15) is 25.3 Å². The SMILES string of the molecule is CCC(N)c1nnc(-c2ccc(Cl)cc2Br)o1. The van der Waals surface area contributed by atoms with Gasteiger partial charge >= 0.3 is 0 Å². The minimum atomic E-state index is -0.220. The van der Waals surface area contributed by atoms with E-state index in [0.717, 1.165) is 16.5 Å². The average molecular weight is 317 g/mol. The fourth-order valence-electron chi connectivity index (χ4n) is 1.33. The fourth-order valence-corrected chi connectivity index (χ4v) is 2.18. The molecule has 6 heteroatoms. The van der Waals surface area contributed by atoms with Gasteiger partial charge in [0.2, 0.25) is 11.8 Å². The Morgan fingerprint density at radius 3 is 2.88 bits per heavy atom. The topological polar surface area (TPSA) is 64.9 Å². The van der Waals surface area contributed by atoms with Crippen molar-refractivity contribution < 1.29 is 4.42 Å². The Bertz CT molecular complexity index is 529. The largest absolute Gasteiger partial charge is 0.419 e. The monoisotopic (exact) mass is 315 g/mol. The molecule has 1 atom stereocenters. The van der Waals surface area contributed by atoms with Gasteiger partial charge in [-0.25, -0.2) is 0 Å². The van der Waals surface area contributed by atoms with Crippen molar-refractivity contribution in [1.29, 1.82) is 0 Å². The normalized spacial score (nSPS) is 12.7. The molecule has 1 heterocycles. The zero-order valence-electron chi connectivity index (χ0n) is 9.15. The van der Waals surface area contributed by atoms with Gasteiger partial charge in [0.25, 0.3) is 0 Å². The van der Waals surface area contributed by atoms with E-state index >= 15 is 0 Å². The Morgan fingerprint density at radius 1 is 1.47 bits per heavy atom. The molecule has 1 unspecified atom stereocenters. The average Bonchev–Trinajstić information content (AvgIpc) is 2.77. The van der Waals surface area contributed by atoms with E-state index in [2.05, 4.69) is 26.1 Å². The first-order valence-corrected chi connectivity index (χ1v) is 6.33. The summed E-state index contributed by atoms with van der Waals surface area (Å²) in [6.45, 7) is 1.97. The maximum Gasteiger partial charge on any atom is 0.248 e. The van der Waals surface area contributed by atoms with E-state index in [-0.39, 0.29) is 6.04 Å². The number of hydrogen-bond acceptors (Lipinski definition) is 4. The Balaban J connectivity index is 2.37. The molecule has 0 spiro atoms. The van der Waals surface area contributed by atoms with Gasteiger partial charge in [0, 0.05) is 9.50 Å². The van der Waals surface area contributed by atoms with Crippen LogP contribution in [-0.4, -0.2) is 10.2 Å². The van der Waals surface area contributed by atoms with Crippen molar-refractivity contribution >= 4 is 27.5 Å². The molecule has 0 radical (unpaired) electrons. The zero-order chi connectivity index (χ0) is 12.4. The molecular formula is C11H11BrClN3O. The minimum absolute atomic E-state index is 0.220. The molecule has 2 rings (SSSR count). The first kappa shape index (κ1) is 12.5. The second-order valence-electron chi connectivity index (χ2n) is 3.58. The van der Waals surface area contributed by atoms with Crippen LogP contribution in [0.15, 0.2) is 27.1 Å². The van der Waals surface area contributed by atoms with E-state index in [1.165, 1.54) is 0 Å². The summed E-state index contributed by atoms with van der Waals surface area (Å²) >= 11 is 9.27. The summed E-state index contributed by atoms with van der Waals surface area (Å²) in [5, 5.41) is 8.55. The first-order chi connectivity index (χ1) is 8.11. The van der Waals surface area contributed by atoms with Gasteiger partial charge in [0.1, 0.15) is 0 Å². The summed E-state index contributed by atoms with van der Waals surface area (Å²) in [4.78, 5) is 0. The molecule has 0 saturated heterocycles. The van der Waals surface area contributed by atoms with Crippen LogP contribution in [0.25, 0.3) is 11.5 Å². The molecule has 17 heavy (non-hydrogen) atoms. The molecule has 0 aliphatic heterocycles. The second-order valence-corrected chi connectivity index (χ2v) is 4.88. The minimum Gasteiger partial charge on any atom is -0.419 e. The third-order valence-corrected chi connectivity index (χ3v) is 3.25. The highest BCUT2D eigenvalue weighted by atomic mass is 79.9. The smallest absolute Gasteiger partial charge is 0.248 e. The number of nitrogens with two attached hydrogens (primary N) is 1. The summed E-state index contributed by atoms with van der Waals surface area (Å²) in [7, 11) is 0. The van der Waals surface area contributed by atoms with Crippen LogP contribution in [0.3, 0.4) is 0 Å². The van der Waals surface area contributed by atoms with Crippen LogP contribution < -0.4 is 5.73 Å².